The molecule has 1 aromatic rings. The van der Waals surface area contributed by atoms with Crippen LogP contribution in [-0.2, 0) is 0 Å². The van der Waals surface area contributed by atoms with Gasteiger partial charge in [-0.15, -0.1) is 11.6 Å². The first-order valence-corrected chi connectivity index (χ1v) is 6.15. The van der Waals surface area contributed by atoms with Gasteiger partial charge in [-0.2, -0.15) is 0 Å². The zero-order valence-corrected chi connectivity index (χ0v) is 10.6. The average molecular weight is 240 g/mol. The van der Waals surface area contributed by atoms with Crippen LogP contribution in [0.4, 0.5) is 0 Å². The molecule has 1 atom stereocenters. The molecule has 0 spiro atoms. The van der Waals surface area contributed by atoms with Gasteiger partial charge in [-0.25, -0.2) is 0 Å². The Bertz CT molecular complexity index is 352. The molecule has 0 aliphatic carbocycles. The quantitative estimate of drug-likeness (QED) is 0.786. The Balaban J connectivity index is 2.68. The van der Waals surface area contributed by atoms with Gasteiger partial charge < -0.3 is 5.32 Å². The minimum absolute atomic E-state index is 0.00457. The molecule has 2 nitrogen and oxygen atoms in total. The molecule has 1 amide bonds. The SMILES string of the molecule is CCC(CCCl)NC(=O)c1ccccc1C. The van der Waals surface area contributed by atoms with E-state index in [1.165, 1.54) is 0 Å². The number of hydrogen-bond acceptors (Lipinski definition) is 1. The second-order valence-corrected chi connectivity index (χ2v) is 4.25. The number of carbonyl (C=O) groups excluding carboxylic acids is 1. The minimum Gasteiger partial charge on any atom is -0.349 e. The maximum Gasteiger partial charge on any atom is 0.251 e. The minimum atomic E-state index is -0.00457. The topological polar surface area (TPSA) is 29.1 Å². The van der Waals surface area contributed by atoms with Crippen molar-refractivity contribution >= 4 is 17.5 Å². The van der Waals surface area contributed by atoms with Gasteiger partial charge in [0.05, 0.1) is 0 Å². The number of alkyl halides is 1. The van der Waals surface area contributed by atoms with Crippen molar-refractivity contribution in [3.63, 3.8) is 0 Å². The van der Waals surface area contributed by atoms with Crippen LogP contribution in [0.3, 0.4) is 0 Å². The van der Waals surface area contributed by atoms with Crippen molar-refractivity contribution in [3.05, 3.63) is 35.4 Å². The zero-order valence-electron chi connectivity index (χ0n) is 9.79. The molecule has 0 aromatic heterocycles. The van der Waals surface area contributed by atoms with Gasteiger partial charge in [0.2, 0.25) is 0 Å². The Morgan fingerprint density at radius 3 is 2.69 bits per heavy atom. The van der Waals surface area contributed by atoms with Crippen molar-refractivity contribution in [3.8, 4) is 0 Å². The van der Waals surface area contributed by atoms with E-state index in [2.05, 4.69) is 12.2 Å². The van der Waals surface area contributed by atoms with Crippen LogP contribution in [0.1, 0.15) is 35.7 Å². The Hall–Kier alpha value is -1.02. The van der Waals surface area contributed by atoms with Crippen LogP contribution in [0.5, 0.6) is 0 Å². The summed E-state index contributed by atoms with van der Waals surface area (Å²) < 4.78 is 0. The smallest absolute Gasteiger partial charge is 0.251 e. The molecule has 0 aliphatic rings. The first-order valence-electron chi connectivity index (χ1n) is 5.61. The highest BCUT2D eigenvalue weighted by atomic mass is 35.5. The number of amides is 1. The number of nitrogens with one attached hydrogen (secondary N) is 1. The third-order valence-corrected chi connectivity index (χ3v) is 2.89. The van der Waals surface area contributed by atoms with Crippen LogP contribution in [0.25, 0.3) is 0 Å². The molecule has 0 saturated heterocycles. The van der Waals surface area contributed by atoms with Crippen LogP contribution in [0.2, 0.25) is 0 Å². The molecule has 0 aliphatic heterocycles. The van der Waals surface area contributed by atoms with Crippen LogP contribution in [0.15, 0.2) is 24.3 Å². The normalized spacial score (nSPS) is 12.2. The fourth-order valence-corrected chi connectivity index (χ4v) is 1.86. The number of aryl methyl sites for hydroxylation is 1. The maximum atomic E-state index is 12.0. The largest absolute Gasteiger partial charge is 0.349 e. The molecule has 16 heavy (non-hydrogen) atoms. The summed E-state index contributed by atoms with van der Waals surface area (Å²) in [5, 5.41) is 3.00. The first-order chi connectivity index (χ1) is 7.69. The van der Waals surface area contributed by atoms with E-state index in [0.717, 1.165) is 24.0 Å². The highest BCUT2D eigenvalue weighted by molar-refractivity contribution is 6.17. The monoisotopic (exact) mass is 239 g/mol. The first kappa shape index (κ1) is 13.0. The van der Waals surface area contributed by atoms with E-state index >= 15 is 0 Å². The molecule has 3 heteroatoms. The van der Waals surface area contributed by atoms with Crippen LogP contribution in [0, 0.1) is 6.92 Å². The van der Waals surface area contributed by atoms with Crippen LogP contribution in [-0.4, -0.2) is 17.8 Å². The molecule has 88 valence electrons. The highest BCUT2D eigenvalue weighted by Gasteiger charge is 2.12. The van der Waals surface area contributed by atoms with Crippen molar-refractivity contribution in [1.29, 1.82) is 0 Å². The Kier molecular flexibility index (Phi) is 5.33. The summed E-state index contributed by atoms with van der Waals surface area (Å²) in [7, 11) is 0. The predicted molar refractivity (Wildman–Crippen MR) is 68.1 cm³/mol. The lowest BCUT2D eigenvalue weighted by Crippen LogP contribution is -2.35. The van der Waals surface area contributed by atoms with Gasteiger partial charge in [-0.1, -0.05) is 25.1 Å². The average Bonchev–Trinajstić information content (AvgIpc) is 2.28. The van der Waals surface area contributed by atoms with Gasteiger partial charge in [0.25, 0.3) is 5.91 Å². The van der Waals surface area contributed by atoms with E-state index in [-0.39, 0.29) is 11.9 Å². The Morgan fingerprint density at radius 1 is 1.44 bits per heavy atom. The molecule has 1 rings (SSSR count). The predicted octanol–water partition coefficient (Wildman–Crippen LogP) is 3.13. The van der Waals surface area contributed by atoms with Gasteiger partial charge in [0.1, 0.15) is 0 Å². The summed E-state index contributed by atoms with van der Waals surface area (Å²) in [6, 6.07) is 7.77. The third kappa shape index (κ3) is 3.53. The van der Waals surface area contributed by atoms with Crippen molar-refractivity contribution < 1.29 is 4.79 Å². The molecular weight excluding hydrogens is 222 g/mol. The van der Waals surface area contributed by atoms with E-state index in [9.17, 15) is 4.79 Å². The lowest BCUT2D eigenvalue weighted by Gasteiger charge is -2.16. The highest BCUT2D eigenvalue weighted by Crippen LogP contribution is 2.08. The van der Waals surface area contributed by atoms with Gasteiger partial charge in [-0.3, -0.25) is 4.79 Å². The maximum absolute atomic E-state index is 12.0. The number of halogens is 1. The summed E-state index contributed by atoms with van der Waals surface area (Å²) >= 11 is 5.68. The number of benzene rings is 1. The van der Waals surface area contributed by atoms with Gasteiger partial charge >= 0.3 is 0 Å². The lowest BCUT2D eigenvalue weighted by atomic mass is 10.1. The second-order valence-electron chi connectivity index (χ2n) is 3.87. The number of carbonyl (C=O) groups is 1. The molecule has 1 N–H and O–H groups in total. The second kappa shape index (κ2) is 6.54. The summed E-state index contributed by atoms with van der Waals surface area (Å²) in [4.78, 5) is 12.0. The fourth-order valence-electron chi connectivity index (χ4n) is 1.60. The van der Waals surface area contributed by atoms with Crippen molar-refractivity contribution in [2.45, 2.75) is 32.7 Å². The number of hydrogen-bond donors (Lipinski definition) is 1. The van der Waals surface area contributed by atoms with Crippen molar-refractivity contribution in [1.82, 2.24) is 5.32 Å². The van der Waals surface area contributed by atoms with Crippen molar-refractivity contribution in [2.75, 3.05) is 5.88 Å². The molecule has 0 fully saturated rings. The van der Waals surface area contributed by atoms with Gasteiger partial charge in [0, 0.05) is 17.5 Å². The van der Waals surface area contributed by atoms with Crippen molar-refractivity contribution in [2.24, 2.45) is 0 Å². The number of rotatable bonds is 5. The molecular formula is C13H18ClNO. The summed E-state index contributed by atoms with van der Waals surface area (Å²) in [6.07, 6.45) is 1.72. The molecule has 1 aromatic carbocycles. The van der Waals surface area contributed by atoms with Crippen LogP contribution >= 0.6 is 11.6 Å². The van der Waals surface area contributed by atoms with E-state index in [0.29, 0.717) is 5.88 Å². The third-order valence-electron chi connectivity index (χ3n) is 2.68. The zero-order chi connectivity index (χ0) is 12.0. The fraction of sp³-hybridized carbons (Fsp3) is 0.462. The summed E-state index contributed by atoms with van der Waals surface area (Å²) in [5.41, 5.74) is 1.75. The summed E-state index contributed by atoms with van der Waals surface area (Å²) in [6.45, 7) is 3.99. The van der Waals surface area contributed by atoms with E-state index < -0.39 is 0 Å². The van der Waals surface area contributed by atoms with E-state index in [4.69, 9.17) is 11.6 Å². The standard InChI is InChI=1S/C13H18ClNO/c1-3-11(8-9-14)15-13(16)12-7-5-4-6-10(12)2/h4-7,11H,3,8-9H2,1-2H3,(H,15,16). The molecule has 1 unspecified atom stereocenters. The van der Waals surface area contributed by atoms with Crippen LogP contribution < -0.4 is 5.32 Å². The Labute approximate surface area is 102 Å². The summed E-state index contributed by atoms with van der Waals surface area (Å²) in [5.74, 6) is 0.571. The van der Waals surface area contributed by atoms with Gasteiger partial charge in [0.15, 0.2) is 0 Å². The molecule has 0 saturated carbocycles. The molecule has 0 bridgehead atoms. The lowest BCUT2D eigenvalue weighted by molar-refractivity contribution is 0.0934. The van der Waals surface area contributed by atoms with E-state index in [1.54, 1.807) is 0 Å². The molecule has 0 heterocycles. The van der Waals surface area contributed by atoms with Gasteiger partial charge in [-0.05, 0) is 31.4 Å². The Morgan fingerprint density at radius 2 is 2.12 bits per heavy atom. The molecule has 0 radical (unpaired) electrons. The van der Waals surface area contributed by atoms with E-state index in [1.807, 2.05) is 31.2 Å².